The van der Waals surface area contributed by atoms with Gasteiger partial charge in [-0.1, -0.05) is 23.7 Å². The van der Waals surface area contributed by atoms with Gasteiger partial charge in [0.25, 0.3) is 0 Å². The van der Waals surface area contributed by atoms with E-state index in [1.54, 1.807) is 48.5 Å². The predicted molar refractivity (Wildman–Crippen MR) is 100 cm³/mol. The molecule has 0 radical (unpaired) electrons. The summed E-state index contributed by atoms with van der Waals surface area (Å²) in [7, 11) is 1.52. The molecule has 0 saturated carbocycles. The molecule has 0 unspecified atom stereocenters. The molecule has 0 spiro atoms. The van der Waals surface area contributed by atoms with Crippen molar-refractivity contribution in [1.29, 1.82) is 0 Å². The number of rotatable bonds is 3. The summed E-state index contributed by atoms with van der Waals surface area (Å²) in [4.78, 5) is 4.46. The zero-order chi connectivity index (χ0) is 19.9. The molecule has 8 heteroatoms. The van der Waals surface area contributed by atoms with Gasteiger partial charge in [0, 0.05) is 16.1 Å². The van der Waals surface area contributed by atoms with Gasteiger partial charge in [-0.15, -0.1) is 0 Å². The number of aromatic nitrogens is 3. The number of ether oxygens (including phenoxy) is 1. The van der Waals surface area contributed by atoms with Crippen LogP contribution in [0.15, 0.2) is 60.8 Å². The normalized spacial score (nSPS) is 11.8. The first-order chi connectivity index (χ1) is 13.4. The van der Waals surface area contributed by atoms with Crippen LogP contribution in [0.5, 0.6) is 5.75 Å². The van der Waals surface area contributed by atoms with Crippen molar-refractivity contribution in [2.24, 2.45) is 0 Å². The Balaban J connectivity index is 1.97. The number of fused-ring (bicyclic) bond motifs is 1. The number of halogens is 4. The second-order valence-electron chi connectivity index (χ2n) is 6.06. The maximum absolute atomic E-state index is 13.7. The first-order valence-electron chi connectivity index (χ1n) is 8.23. The van der Waals surface area contributed by atoms with E-state index in [4.69, 9.17) is 16.3 Å². The second kappa shape index (κ2) is 6.83. The lowest BCUT2D eigenvalue weighted by Gasteiger charge is -2.12. The first kappa shape index (κ1) is 18.3. The van der Waals surface area contributed by atoms with Crippen LogP contribution in [-0.2, 0) is 6.18 Å². The molecular formula is C20H13ClF3N3O. The van der Waals surface area contributed by atoms with E-state index in [9.17, 15) is 13.2 Å². The highest BCUT2D eigenvalue weighted by atomic mass is 35.5. The maximum Gasteiger partial charge on any atom is 0.433 e. The van der Waals surface area contributed by atoms with Crippen molar-refractivity contribution < 1.29 is 17.9 Å². The van der Waals surface area contributed by atoms with E-state index >= 15 is 0 Å². The monoisotopic (exact) mass is 403 g/mol. The Labute approximate surface area is 163 Å². The van der Waals surface area contributed by atoms with Crippen molar-refractivity contribution in [3.63, 3.8) is 0 Å². The molecule has 2 aromatic carbocycles. The summed E-state index contributed by atoms with van der Waals surface area (Å²) in [6, 6.07) is 14.5. The molecule has 2 aromatic heterocycles. The van der Waals surface area contributed by atoms with Gasteiger partial charge < -0.3 is 4.74 Å². The smallest absolute Gasteiger partial charge is 0.433 e. The number of nitrogens with zero attached hydrogens (tertiary/aromatic N) is 3. The number of benzene rings is 2. The second-order valence-corrected chi connectivity index (χ2v) is 6.49. The lowest BCUT2D eigenvalue weighted by Crippen LogP contribution is -2.13. The summed E-state index contributed by atoms with van der Waals surface area (Å²) < 4.78 is 46.9. The standard InChI is InChI=1S/C20H13ClF3N3O/c1-28-15-7-5-12(6-8-15)17-10-18(20(22,23)24)27-19(26-17)16(11-25-27)13-3-2-4-14(21)9-13/h2-11H,1H3. The van der Waals surface area contributed by atoms with Gasteiger partial charge in [0.15, 0.2) is 11.3 Å². The van der Waals surface area contributed by atoms with Crippen LogP contribution < -0.4 is 4.74 Å². The Morgan fingerprint density at radius 2 is 1.75 bits per heavy atom. The average Bonchev–Trinajstić information content (AvgIpc) is 3.10. The Morgan fingerprint density at radius 1 is 1.00 bits per heavy atom. The fourth-order valence-corrected chi connectivity index (χ4v) is 3.12. The molecular weight excluding hydrogens is 391 g/mol. The molecule has 0 atom stereocenters. The molecule has 142 valence electrons. The Morgan fingerprint density at radius 3 is 2.39 bits per heavy atom. The third-order valence-corrected chi connectivity index (χ3v) is 4.52. The molecule has 28 heavy (non-hydrogen) atoms. The molecule has 4 nitrogen and oxygen atoms in total. The quantitative estimate of drug-likeness (QED) is 0.437. The van der Waals surface area contributed by atoms with Crippen LogP contribution in [0.1, 0.15) is 5.69 Å². The molecule has 4 rings (SSSR count). The van der Waals surface area contributed by atoms with Gasteiger partial charge in [-0.05, 0) is 48.0 Å². The predicted octanol–water partition coefficient (Wildman–Crippen LogP) is 5.74. The highest BCUT2D eigenvalue weighted by Gasteiger charge is 2.35. The highest BCUT2D eigenvalue weighted by Crippen LogP contribution is 2.35. The number of methoxy groups -OCH3 is 1. The summed E-state index contributed by atoms with van der Waals surface area (Å²) in [6.45, 7) is 0. The minimum atomic E-state index is -4.60. The fourth-order valence-electron chi connectivity index (χ4n) is 2.93. The van der Waals surface area contributed by atoms with Crippen LogP contribution in [0.3, 0.4) is 0 Å². The van der Waals surface area contributed by atoms with Crippen LogP contribution >= 0.6 is 11.6 Å². The van der Waals surface area contributed by atoms with Crippen LogP contribution in [0.4, 0.5) is 13.2 Å². The number of alkyl halides is 3. The molecule has 4 aromatic rings. The third kappa shape index (κ3) is 3.29. The molecule has 2 heterocycles. The lowest BCUT2D eigenvalue weighted by molar-refractivity contribution is -0.142. The summed E-state index contributed by atoms with van der Waals surface area (Å²) in [6.07, 6.45) is -3.24. The molecule has 0 aliphatic carbocycles. The van der Waals surface area contributed by atoms with Gasteiger partial charge in [0.2, 0.25) is 0 Å². The van der Waals surface area contributed by atoms with Gasteiger partial charge in [-0.25, -0.2) is 9.50 Å². The molecule has 0 fully saturated rings. The van der Waals surface area contributed by atoms with Crippen LogP contribution in [0.25, 0.3) is 28.0 Å². The maximum atomic E-state index is 13.7. The van der Waals surface area contributed by atoms with E-state index in [0.29, 0.717) is 27.5 Å². The molecule has 0 aliphatic heterocycles. The van der Waals surface area contributed by atoms with Crippen molar-refractivity contribution in [3.05, 3.63) is 71.5 Å². The van der Waals surface area contributed by atoms with Crippen LogP contribution in [-0.4, -0.2) is 21.7 Å². The van der Waals surface area contributed by atoms with E-state index in [1.807, 2.05) is 0 Å². The van der Waals surface area contributed by atoms with Gasteiger partial charge >= 0.3 is 6.18 Å². The largest absolute Gasteiger partial charge is 0.497 e. The Bertz CT molecular complexity index is 1150. The molecule has 0 bridgehead atoms. The average molecular weight is 404 g/mol. The Kier molecular flexibility index (Phi) is 4.47. The van der Waals surface area contributed by atoms with Gasteiger partial charge in [0.1, 0.15) is 5.75 Å². The molecule has 0 saturated heterocycles. The topological polar surface area (TPSA) is 39.4 Å². The minimum absolute atomic E-state index is 0.0999. The van der Waals surface area contributed by atoms with Crippen LogP contribution in [0.2, 0.25) is 5.02 Å². The highest BCUT2D eigenvalue weighted by molar-refractivity contribution is 6.30. The van der Waals surface area contributed by atoms with Gasteiger partial charge in [0.05, 0.1) is 19.0 Å². The summed E-state index contributed by atoms with van der Waals surface area (Å²) in [5.41, 5.74) is 1.01. The van der Waals surface area contributed by atoms with Crippen molar-refractivity contribution >= 4 is 17.2 Å². The lowest BCUT2D eigenvalue weighted by atomic mass is 10.1. The summed E-state index contributed by atoms with van der Waals surface area (Å²) in [5, 5.41) is 4.40. The Hall–Kier alpha value is -3.06. The zero-order valence-electron chi connectivity index (χ0n) is 14.5. The van der Waals surface area contributed by atoms with E-state index < -0.39 is 11.9 Å². The zero-order valence-corrected chi connectivity index (χ0v) is 15.3. The van der Waals surface area contributed by atoms with Gasteiger partial charge in [-0.3, -0.25) is 0 Å². The number of hydrogen-bond acceptors (Lipinski definition) is 3. The summed E-state index contributed by atoms with van der Waals surface area (Å²) in [5.74, 6) is 0.602. The van der Waals surface area contributed by atoms with E-state index in [1.165, 1.54) is 13.3 Å². The third-order valence-electron chi connectivity index (χ3n) is 4.28. The minimum Gasteiger partial charge on any atom is -0.497 e. The van der Waals surface area contributed by atoms with Gasteiger partial charge in [-0.2, -0.15) is 18.3 Å². The number of hydrogen-bond donors (Lipinski definition) is 0. The molecule has 0 amide bonds. The summed E-state index contributed by atoms with van der Waals surface area (Å²) >= 11 is 6.03. The van der Waals surface area contributed by atoms with E-state index in [-0.39, 0.29) is 11.3 Å². The van der Waals surface area contributed by atoms with E-state index in [0.717, 1.165) is 10.6 Å². The first-order valence-corrected chi connectivity index (χ1v) is 8.61. The van der Waals surface area contributed by atoms with Crippen molar-refractivity contribution in [2.45, 2.75) is 6.18 Å². The van der Waals surface area contributed by atoms with E-state index in [2.05, 4.69) is 10.1 Å². The van der Waals surface area contributed by atoms with Crippen molar-refractivity contribution in [3.8, 4) is 28.1 Å². The SMILES string of the molecule is COc1ccc(-c2cc(C(F)(F)F)n3ncc(-c4cccc(Cl)c4)c3n2)cc1. The van der Waals surface area contributed by atoms with Crippen molar-refractivity contribution in [2.75, 3.05) is 7.11 Å². The van der Waals surface area contributed by atoms with Crippen LogP contribution in [0, 0.1) is 0 Å². The molecule has 0 aliphatic rings. The van der Waals surface area contributed by atoms with Crippen molar-refractivity contribution in [1.82, 2.24) is 14.6 Å². The fraction of sp³-hybridized carbons (Fsp3) is 0.100. The molecule has 0 N–H and O–H groups in total.